The van der Waals surface area contributed by atoms with Crippen LogP contribution in [0.15, 0.2) is 26.9 Å². The molecular formula is C33H48N4O2. The molecule has 5 aliphatic rings. The van der Waals surface area contributed by atoms with Crippen LogP contribution in [0.4, 0.5) is 0 Å². The summed E-state index contributed by atoms with van der Waals surface area (Å²) in [6.07, 6.45) is 9.50. The number of rotatable bonds is 1. The summed E-state index contributed by atoms with van der Waals surface area (Å²) in [5, 5.41) is 18.7. The van der Waals surface area contributed by atoms with Gasteiger partial charge in [-0.25, -0.2) is 0 Å². The standard InChI is InChI=1S/C33H48N4O2/c1-28(2)12-14-33(27(35-8)37-36-9)15-13-32(7)25(21(33)18-28)22(38)16-24-30(5)17-20(19-34)26(39)29(3,4)23(30)10-11-31(24,32)6/h17,21,23-25H,10-16,18H2,1-9H3/b35-27-,37-36-/t21-,23+,24-,25?,30+,31-,32-,33+/m1/s1. The highest BCUT2D eigenvalue weighted by molar-refractivity contribution is 6.04. The van der Waals surface area contributed by atoms with Gasteiger partial charge in [0.05, 0.1) is 5.57 Å². The van der Waals surface area contributed by atoms with E-state index in [1.807, 2.05) is 27.0 Å². The van der Waals surface area contributed by atoms with Crippen molar-refractivity contribution in [3.63, 3.8) is 0 Å². The first-order valence-corrected chi connectivity index (χ1v) is 15.1. The van der Waals surface area contributed by atoms with Crippen molar-refractivity contribution in [2.75, 3.05) is 14.1 Å². The van der Waals surface area contributed by atoms with E-state index >= 15 is 0 Å². The van der Waals surface area contributed by atoms with Gasteiger partial charge in [-0.05, 0) is 84.4 Å². The average molecular weight is 533 g/mol. The van der Waals surface area contributed by atoms with Crippen molar-refractivity contribution >= 4 is 17.4 Å². The molecule has 0 aliphatic heterocycles. The van der Waals surface area contributed by atoms with E-state index in [0.29, 0.717) is 12.2 Å². The van der Waals surface area contributed by atoms with Crippen LogP contribution in [0, 0.1) is 67.5 Å². The zero-order chi connectivity index (χ0) is 28.8. The third kappa shape index (κ3) is 3.53. The Labute approximate surface area is 235 Å². The highest BCUT2D eigenvalue weighted by Gasteiger charge is 2.72. The van der Waals surface area contributed by atoms with Crippen LogP contribution in [-0.4, -0.2) is 31.5 Å². The monoisotopic (exact) mass is 532 g/mol. The van der Waals surface area contributed by atoms with Gasteiger partial charge in [0, 0.05) is 37.3 Å². The number of nitrogens with zero attached hydrogens (tertiary/aromatic N) is 4. The van der Waals surface area contributed by atoms with Gasteiger partial charge in [0.1, 0.15) is 11.9 Å². The van der Waals surface area contributed by atoms with Gasteiger partial charge in [0.25, 0.3) is 0 Å². The first kappa shape index (κ1) is 28.4. The number of amidine groups is 1. The number of ketones is 2. The van der Waals surface area contributed by atoms with Gasteiger partial charge in [0.15, 0.2) is 11.6 Å². The maximum atomic E-state index is 14.7. The molecular weight excluding hydrogens is 484 g/mol. The average Bonchev–Trinajstić information content (AvgIpc) is 2.86. The van der Waals surface area contributed by atoms with Gasteiger partial charge in [-0.15, -0.1) is 5.11 Å². The van der Waals surface area contributed by atoms with Crippen molar-refractivity contribution in [1.29, 1.82) is 5.26 Å². The number of allylic oxidation sites excluding steroid dienone is 2. The molecule has 0 aromatic carbocycles. The quantitative estimate of drug-likeness (QED) is 0.200. The molecule has 0 spiro atoms. The predicted molar refractivity (Wildman–Crippen MR) is 153 cm³/mol. The number of aliphatic imine (C=N–C) groups is 1. The number of Topliss-reactive ketones (excluding diaryl/α,β-unsaturated/α-hetero) is 2. The summed E-state index contributed by atoms with van der Waals surface area (Å²) in [6.45, 7) is 15.9. The molecule has 39 heavy (non-hydrogen) atoms. The smallest absolute Gasteiger partial charge is 0.178 e. The second-order valence-corrected chi connectivity index (χ2v) is 15.7. The topological polar surface area (TPSA) is 95.0 Å². The zero-order valence-corrected chi connectivity index (χ0v) is 25.6. The van der Waals surface area contributed by atoms with Gasteiger partial charge in [-0.1, -0.05) is 54.5 Å². The van der Waals surface area contributed by atoms with Gasteiger partial charge < -0.3 is 0 Å². The summed E-state index contributed by atoms with van der Waals surface area (Å²) in [5.74, 6) is 1.54. The SMILES string of the molecule is C/N=N\C(=N/C)[C@]12CCC(C)(C)C[C@@H]1C1C(=O)C[C@@H]3[C@@]4(C)C=C(C#N)C(=O)C(C)(C)[C@@H]4CC[C@@]3(C)[C@]1(C)CC2. The molecule has 0 radical (unpaired) electrons. The number of carbonyl (C=O) groups is 2. The Morgan fingerprint density at radius 3 is 2.21 bits per heavy atom. The highest BCUT2D eigenvalue weighted by atomic mass is 16.1. The van der Waals surface area contributed by atoms with Crippen LogP contribution >= 0.6 is 0 Å². The summed E-state index contributed by atoms with van der Waals surface area (Å²) in [6, 6.07) is 2.23. The Kier molecular flexibility index (Phi) is 6.31. The lowest BCUT2D eigenvalue weighted by atomic mass is 9.31. The maximum absolute atomic E-state index is 14.7. The fourth-order valence-electron chi connectivity index (χ4n) is 11.2. The normalized spacial score (nSPS) is 46.9. The first-order valence-electron chi connectivity index (χ1n) is 15.1. The van der Waals surface area contributed by atoms with E-state index in [-0.39, 0.29) is 62.1 Å². The third-order valence-electron chi connectivity index (χ3n) is 13.3. The molecule has 0 aromatic rings. The number of hydrogen-bond donors (Lipinski definition) is 0. The Balaban J connectivity index is 1.66. The number of fused-ring (bicyclic) bond motifs is 7. The molecule has 0 aromatic heterocycles. The fraction of sp³-hybridized carbons (Fsp3) is 0.818. The number of nitriles is 1. The van der Waals surface area contributed by atoms with Crippen LogP contribution in [-0.2, 0) is 9.59 Å². The molecule has 8 atom stereocenters. The predicted octanol–water partition coefficient (Wildman–Crippen LogP) is 7.40. The molecule has 4 saturated carbocycles. The summed E-state index contributed by atoms with van der Waals surface area (Å²) in [7, 11) is 3.54. The molecule has 5 aliphatic carbocycles. The second-order valence-electron chi connectivity index (χ2n) is 15.7. The summed E-state index contributed by atoms with van der Waals surface area (Å²) < 4.78 is 0. The molecule has 0 heterocycles. The van der Waals surface area contributed by atoms with Gasteiger partial charge in [-0.3, -0.25) is 14.6 Å². The van der Waals surface area contributed by atoms with Crippen LogP contribution in [0.5, 0.6) is 0 Å². The molecule has 0 N–H and O–H groups in total. The Hall–Kier alpha value is -2.16. The summed E-state index contributed by atoms with van der Waals surface area (Å²) in [4.78, 5) is 32.6. The van der Waals surface area contributed by atoms with Crippen molar-refractivity contribution in [2.24, 2.45) is 71.4 Å². The van der Waals surface area contributed by atoms with Crippen LogP contribution in [0.25, 0.3) is 0 Å². The van der Waals surface area contributed by atoms with Crippen molar-refractivity contribution in [1.82, 2.24) is 0 Å². The molecule has 0 bridgehead atoms. The van der Waals surface area contributed by atoms with E-state index in [2.05, 4.69) is 55.9 Å². The van der Waals surface area contributed by atoms with Crippen molar-refractivity contribution in [3.8, 4) is 6.07 Å². The minimum absolute atomic E-state index is 0.0364. The van der Waals surface area contributed by atoms with E-state index in [0.717, 1.165) is 50.8 Å². The van der Waals surface area contributed by atoms with Crippen LogP contribution < -0.4 is 0 Å². The van der Waals surface area contributed by atoms with Gasteiger partial charge >= 0.3 is 0 Å². The number of carbonyl (C=O) groups excluding carboxylic acids is 2. The zero-order valence-electron chi connectivity index (χ0n) is 25.6. The highest BCUT2D eigenvalue weighted by Crippen LogP contribution is 2.76. The molecule has 0 amide bonds. The lowest BCUT2D eigenvalue weighted by Crippen LogP contribution is -2.69. The van der Waals surface area contributed by atoms with E-state index in [9.17, 15) is 14.9 Å². The fourth-order valence-corrected chi connectivity index (χ4v) is 11.2. The van der Waals surface area contributed by atoms with Crippen LogP contribution in [0.2, 0.25) is 0 Å². The molecule has 4 fully saturated rings. The lowest BCUT2D eigenvalue weighted by molar-refractivity contribution is -0.215. The maximum Gasteiger partial charge on any atom is 0.178 e. The minimum atomic E-state index is -0.608. The minimum Gasteiger partial charge on any atom is -0.299 e. The first-order chi connectivity index (χ1) is 18.1. The Morgan fingerprint density at radius 2 is 1.59 bits per heavy atom. The van der Waals surface area contributed by atoms with Crippen molar-refractivity contribution in [3.05, 3.63) is 11.6 Å². The molecule has 0 saturated heterocycles. The second kappa shape index (κ2) is 8.67. The van der Waals surface area contributed by atoms with E-state index in [1.165, 1.54) is 0 Å². The number of hydrogen-bond acceptors (Lipinski definition) is 5. The molecule has 6 nitrogen and oxygen atoms in total. The molecule has 6 heteroatoms. The van der Waals surface area contributed by atoms with Gasteiger partial charge in [0.2, 0.25) is 0 Å². The Morgan fingerprint density at radius 1 is 0.923 bits per heavy atom. The number of azo groups is 1. The Bertz CT molecular complexity index is 1240. The largest absolute Gasteiger partial charge is 0.299 e. The molecule has 5 rings (SSSR count). The van der Waals surface area contributed by atoms with Crippen molar-refractivity contribution < 1.29 is 9.59 Å². The molecule has 212 valence electrons. The van der Waals surface area contributed by atoms with E-state index in [4.69, 9.17) is 0 Å². The van der Waals surface area contributed by atoms with Gasteiger partial charge in [-0.2, -0.15) is 10.4 Å². The lowest BCUT2D eigenvalue weighted by Gasteiger charge is -2.71. The van der Waals surface area contributed by atoms with Crippen molar-refractivity contribution in [2.45, 2.75) is 99.8 Å². The van der Waals surface area contributed by atoms with E-state index < -0.39 is 5.41 Å². The van der Waals surface area contributed by atoms with Crippen LogP contribution in [0.3, 0.4) is 0 Å². The summed E-state index contributed by atoms with van der Waals surface area (Å²) >= 11 is 0. The molecule has 1 unspecified atom stereocenters. The summed E-state index contributed by atoms with van der Waals surface area (Å²) in [5.41, 5.74) is -0.983. The third-order valence-corrected chi connectivity index (χ3v) is 13.3. The van der Waals surface area contributed by atoms with E-state index in [1.54, 1.807) is 7.05 Å². The van der Waals surface area contributed by atoms with Crippen LogP contribution in [0.1, 0.15) is 99.8 Å².